The van der Waals surface area contributed by atoms with E-state index in [1.54, 1.807) is 23.2 Å². The zero-order chi connectivity index (χ0) is 20.2. The lowest BCUT2D eigenvalue weighted by atomic mass is 10.1. The molecular formula is C22H24BrN3O3. The molecule has 29 heavy (non-hydrogen) atoms. The van der Waals surface area contributed by atoms with Crippen LogP contribution in [0.3, 0.4) is 0 Å². The highest BCUT2D eigenvalue weighted by Crippen LogP contribution is 2.27. The summed E-state index contributed by atoms with van der Waals surface area (Å²) < 4.78 is 6.68. The molecule has 152 valence electrons. The Morgan fingerprint density at radius 2 is 1.59 bits per heavy atom. The van der Waals surface area contributed by atoms with E-state index in [2.05, 4.69) is 20.9 Å². The van der Waals surface area contributed by atoms with E-state index in [9.17, 15) is 9.59 Å². The number of carbonyl (C=O) groups excluding carboxylic acids is 2. The molecule has 2 heterocycles. The number of carbonyl (C=O) groups is 2. The first-order valence-electron chi connectivity index (χ1n) is 10.1. The standard InChI is InChI=1S/C22H24BrN3O3/c23-18-6-8-19(9-7-18)29-20-10-5-17(15-24-20)22(28)26-13-11-25(12-14-26)21(27)16-3-1-2-4-16/h5-10,15-16H,1-4,11-14H2. The van der Waals surface area contributed by atoms with Crippen LogP contribution in [0.25, 0.3) is 0 Å². The normalized spacial score (nSPS) is 17.4. The predicted molar refractivity (Wildman–Crippen MR) is 113 cm³/mol. The van der Waals surface area contributed by atoms with Crippen molar-refractivity contribution in [1.29, 1.82) is 0 Å². The molecular weight excluding hydrogens is 434 g/mol. The van der Waals surface area contributed by atoms with Gasteiger partial charge in [0.2, 0.25) is 11.8 Å². The van der Waals surface area contributed by atoms with Crippen LogP contribution in [0.5, 0.6) is 11.6 Å². The van der Waals surface area contributed by atoms with Crippen molar-refractivity contribution in [3.63, 3.8) is 0 Å². The number of ether oxygens (including phenoxy) is 1. The highest BCUT2D eigenvalue weighted by molar-refractivity contribution is 9.10. The monoisotopic (exact) mass is 457 g/mol. The SMILES string of the molecule is O=C(c1ccc(Oc2ccc(Br)cc2)nc1)N1CCN(C(=O)C2CCCC2)CC1. The zero-order valence-corrected chi connectivity index (χ0v) is 17.8. The van der Waals surface area contributed by atoms with Crippen LogP contribution in [0.2, 0.25) is 0 Å². The summed E-state index contributed by atoms with van der Waals surface area (Å²) in [5.74, 6) is 1.53. The smallest absolute Gasteiger partial charge is 0.255 e. The molecule has 0 N–H and O–H groups in total. The number of aromatic nitrogens is 1. The van der Waals surface area contributed by atoms with Gasteiger partial charge >= 0.3 is 0 Å². The van der Waals surface area contributed by atoms with Gasteiger partial charge in [-0.05, 0) is 43.2 Å². The molecule has 1 aromatic heterocycles. The van der Waals surface area contributed by atoms with Crippen LogP contribution in [-0.4, -0.2) is 52.8 Å². The number of hydrogen-bond acceptors (Lipinski definition) is 4. The summed E-state index contributed by atoms with van der Waals surface area (Å²) in [6.45, 7) is 2.35. The minimum absolute atomic E-state index is 0.0549. The lowest BCUT2D eigenvalue weighted by Gasteiger charge is -2.36. The molecule has 2 fully saturated rings. The Bertz CT molecular complexity index is 856. The maximum atomic E-state index is 12.8. The van der Waals surface area contributed by atoms with Crippen LogP contribution in [0.1, 0.15) is 36.0 Å². The van der Waals surface area contributed by atoms with Crippen LogP contribution in [0.4, 0.5) is 0 Å². The van der Waals surface area contributed by atoms with Crippen molar-refractivity contribution in [3.05, 3.63) is 52.6 Å². The van der Waals surface area contributed by atoms with Crippen LogP contribution in [-0.2, 0) is 4.79 Å². The van der Waals surface area contributed by atoms with Gasteiger partial charge in [-0.3, -0.25) is 9.59 Å². The van der Waals surface area contributed by atoms with Crippen molar-refractivity contribution >= 4 is 27.7 Å². The fourth-order valence-electron chi connectivity index (χ4n) is 3.93. The fraction of sp³-hybridized carbons (Fsp3) is 0.409. The maximum Gasteiger partial charge on any atom is 0.255 e. The lowest BCUT2D eigenvalue weighted by molar-refractivity contribution is -0.136. The molecule has 1 aromatic carbocycles. The molecule has 0 atom stereocenters. The molecule has 1 aliphatic heterocycles. The van der Waals surface area contributed by atoms with Crippen molar-refractivity contribution in [3.8, 4) is 11.6 Å². The van der Waals surface area contributed by atoms with E-state index < -0.39 is 0 Å². The maximum absolute atomic E-state index is 12.8. The topological polar surface area (TPSA) is 62.7 Å². The summed E-state index contributed by atoms with van der Waals surface area (Å²) in [6.07, 6.45) is 5.88. The average molecular weight is 458 g/mol. The van der Waals surface area contributed by atoms with Gasteiger partial charge in [-0.25, -0.2) is 4.98 Å². The largest absolute Gasteiger partial charge is 0.439 e. The summed E-state index contributed by atoms with van der Waals surface area (Å²) in [4.78, 5) is 33.3. The van der Waals surface area contributed by atoms with Gasteiger partial charge in [-0.2, -0.15) is 0 Å². The number of amides is 2. The number of pyridine rings is 1. The first-order chi connectivity index (χ1) is 14.1. The van der Waals surface area contributed by atoms with Gasteiger partial charge in [0, 0.05) is 48.8 Å². The van der Waals surface area contributed by atoms with Crippen molar-refractivity contribution in [2.24, 2.45) is 5.92 Å². The second kappa shape index (κ2) is 8.95. The van der Waals surface area contributed by atoms with E-state index in [1.165, 1.54) is 0 Å². The molecule has 2 aliphatic rings. The van der Waals surface area contributed by atoms with E-state index >= 15 is 0 Å². The highest BCUT2D eigenvalue weighted by atomic mass is 79.9. The van der Waals surface area contributed by atoms with Gasteiger partial charge in [0.1, 0.15) is 5.75 Å². The van der Waals surface area contributed by atoms with Crippen molar-refractivity contribution in [2.75, 3.05) is 26.2 Å². The van der Waals surface area contributed by atoms with E-state index in [0.717, 1.165) is 30.2 Å². The van der Waals surface area contributed by atoms with Crippen molar-refractivity contribution in [2.45, 2.75) is 25.7 Å². The number of nitrogens with zero attached hydrogens (tertiary/aromatic N) is 3. The third-order valence-corrected chi connectivity index (χ3v) is 6.13. The Morgan fingerprint density at radius 3 is 2.21 bits per heavy atom. The second-order valence-electron chi connectivity index (χ2n) is 7.54. The molecule has 1 saturated carbocycles. The summed E-state index contributed by atoms with van der Waals surface area (Å²) in [5.41, 5.74) is 0.531. The molecule has 2 aromatic rings. The average Bonchev–Trinajstić information content (AvgIpc) is 3.30. The van der Waals surface area contributed by atoms with Crippen LogP contribution < -0.4 is 4.74 Å². The highest BCUT2D eigenvalue weighted by Gasteiger charge is 2.30. The van der Waals surface area contributed by atoms with Crippen molar-refractivity contribution < 1.29 is 14.3 Å². The Hall–Kier alpha value is -2.41. The van der Waals surface area contributed by atoms with E-state index in [0.29, 0.717) is 43.4 Å². The molecule has 1 saturated heterocycles. The second-order valence-corrected chi connectivity index (χ2v) is 8.46. The molecule has 4 rings (SSSR count). The molecule has 2 amide bonds. The summed E-state index contributed by atoms with van der Waals surface area (Å²) in [6, 6.07) is 10.9. The van der Waals surface area contributed by atoms with Crippen LogP contribution >= 0.6 is 15.9 Å². The van der Waals surface area contributed by atoms with Gasteiger partial charge in [0.05, 0.1) is 5.56 Å². The van der Waals surface area contributed by atoms with Crippen molar-refractivity contribution in [1.82, 2.24) is 14.8 Å². The quantitative estimate of drug-likeness (QED) is 0.692. The van der Waals surface area contributed by atoms with E-state index in [-0.39, 0.29) is 17.7 Å². The first-order valence-corrected chi connectivity index (χ1v) is 10.9. The number of hydrogen-bond donors (Lipinski definition) is 0. The zero-order valence-electron chi connectivity index (χ0n) is 16.2. The third-order valence-electron chi connectivity index (χ3n) is 5.60. The molecule has 1 aliphatic carbocycles. The number of rotatable bonds is 4. The van der Waals surface area contributed by atoms with Gasteiger partial charge in [0.25, 0.3) is 5.91 Å². The molecule has 7 heteroatoms. The Balaban J connectivity index is 1.31. The van der Waals surface area contributed by atoms with Gasteiger partial charge in [0.15, 0.2) is 0 Å². The molecule has 6 nitrogen and oxygen atoms in total. The Morgan fingerprint density at radius 1 is 0.931 bits per heavy atom. The number of piperazine rings is 1. The summed E-state index contributed by atoms with van der Waals surface area (Å²) >= 11 is 3.39. The van der Waals surface area contributed by atoms with Gasteiger partial charge in [-0.1, -0.05) is 28.8 Å². The van der Waals surface area contributed by atoms with Crippen LogP contribution in [0.15, 0.2) is 47.1 Å². The van der Waals surface area contributed by atoms with Crippen LogP contribution in [0, 0.1) is 5.92 Å². The predicted octanol–water partition coefficient (Wildman–Crippen LogP) is 4.11. The van der Waals surface area contributed by atoms with E-state index in [1.807, 2.05) is 29.2 Å². The minimum atomic E-state index is -0.0549. The molecule has 0 spiro atoms. The Kier molecular flexibility index (Phi) is 6.13. The third kappa shape index (κ3) is 4.78. The van der Waals surface area contributed by atoms with Gasteiger partial charge in [-0.15, -0.1) is 0 Å². The lowest BCUT2D eigenvalue weighted by Crippen LogP contribution is -2.51. The minimum Gasteiger partial charge on any atom is -0.439 e. The Labute approximate surface area is 179 Å². The summed E-state index contributed by atoms with van der Waals surface area (Å²) in [5, 5.41) is 0. The summed E-state index contributed by atoms with van der Waals surface area (Å²) in [7, 11) is 0. The number of benzene rings is 1. The molecule has 0 bridgehead atoms. The number of halogens is 1. The fourth-order valence-corrected chi connectivity index (χ4v) is 4.20. The van der Waals surface area contributed by atoms with Gasteiger partial charge < -0.3 is 14.5 Å². The molecule has 0 unspecified atom stereocenters. The first kappa shape index (κ1) is 19.9. The van der Waals surface area contributed by atoms with E-state index in [4.69, 9.17) is 4.74 Å². The molecule has 0 radical (unpaired) electrons.